The molecule has 0 N–H and O–H groups in total. The van der Waals surface area contributed by atoms with Crippen molar-refractivity contribution in [1.29, 1.82) is 0 Å². The van der Waals surface area contributed by atoms with Gasteiger partial charge in [0.1, 0.15) is 11.6 Å². The maximum atomic E-state index is 13.8. The van der Waals surface area contributed by atoms with Crippen LogP contribution in [0.2, 0.25) is 0 Å². The molecule has 21 heavy (non-hydrogen) atoms. The Labute approximate surface area is 125 Å². The number of halogens is 2. The van der Waals surface area contributed by atoms with E-state index in [-0.39, 0.29) is 0 Å². The third-order valence-corrected chi connectivity index (χ3v) is 3.91. The lowest BCUT2D eigenvalue weighted by atomic mass is 10.1. The summed E-state index contributed by atoms with van der Waals surface area (Å²) in [4.78, 5) is 6.21. The van der Waals surface area contributed by atoms with Gasteiger partial charge >= 0.3 is 0 Å². The van der Waals surface area contributed by atoms with Crippen LogP contribution in [-0.4, -0.2) is 4.98 Å². The van der Waals surface area contributed by atoms with Gasteiger partial charge in [-0.15, -0.1) is 0 Å². The molecule has 4 heteroatoms. The molecule has 104 valence electrons. The van der Waals surface area contributed by atoms with Crippen LogP contribution in [0, 0.1) is 11.6 Å². The van der Waals surface area contributed by atoms with Crippen molar-refractivity contribution in [2.75, 3.05) is 0 Å². The average Bonchev–Trinajstić information content (AvgIpc) is 2.48. The van der Waals surface area contributed by atoms with Crippen molar-refractivity contribution in [1.82, 2.24) is 4.98 Å². The predicted molar refractivity (Wildman–Crippen MR) is 80.2 cm³/mol. The average molecular weight is 299 g/mol. The summed E-state index contributed by atoms with van der Waals surface area (Å²) in [5.41, 5.74) is 0.792. The van der Waals surface area contributed by atoms with Crippen molar-refractivity contribution in [2.24, 2.45) is 0 Å². The fourth-order valence-corrected chi connectivity index (χ4v) is 2.81. The second-order valence-electron chi connectivity index (χ2n) is 4.42. The van der Waals surface area contributed by atoms with E-state index in [1.165, 1.54) is 12.1 Å². The Kier molecular flexibility index (Phi) is 3.97. The number of pyridine rings is 1. The van der Waals surface area contributed by atoms with Gasteiger partial charge in [-0.25, -0.2) is 8.78 Å². The van der Waals surface area contributed by atoms with E-state index in [1.807, 2.05) is 36.4 Å². The quantitative estimate of drug-likeness (QED) is 0.661. The first-order valence-electron chi connectivity index (χ1n) is 6.37. The molecule has 1 heterocycles. The van der Waals surface area contributed by atoms with Gasteiger partial charge in [0.05, 0.1) is 5.69 Å². The smallest absolute Gasteiger partial charge is 0.135 e. The largest absolute Gasteiger partial charge is 0.256 e. The van der Waals surface area contributed by atoms with Crippen LogP contribution in [0.4, 0.5) is 8.78 Å². The highest BCUT2D eigenvalue weighted by atomic mass is 32.2. The van der Waals surface area contributed by atoms with E-state index in [2.05, 4.69) is 4.98 Å². The van der Waals surface area contributed by atoms with E-state index in [4.69, 9.17) is 0 Å². The minimum Gasteiger partial charge on any atom is -0.256 e. The Hall–Kier alpha value is -2.20. The molecule has 1 nitrogen and oxygen atoms in total. The zero-order chi connectivity index (χ0) is 14.7. The molecule has 3 rings (SSSR count). The van der Waals surface area contributed by atoms with Crippen LogP contribution in [-0.2, 0) is 0 Å². The summed E-state index contributed by atoms with van der Waals surface area (Å²) in [5, 5.41) is 0. The number of hydrogen-bond acceptors (Lipinski definition) is 2. The van der Waals surface area contributed by atoms with Crippen LogP contribution in [0.1, 0.15) is 0 Å². The molecule has 0 amide bonds. The highest BCUT2D eigenvalue weighted by Gasteiger charge is 2.08. The maximum absolute atomic E-state index is 13.8. The Morgan fingerprint density at radius 2 is 1.62 bits per heavy atom. The number of nitrogens with zero attached hydrogens (tertiary/aromatic N) is 1. The van der Waals surface area contributed by atoms with E-state index in [1.54, 1.807) is 24.0 Å². The van der Waals surface area contributed by atoms with E-state index in [0.29, 0.717) is 11.3 Å². The van der Waals surface area contributed by atoms with E-state index in [0.717, 1.165) is 15.9 Å². The van der Waals surface area contributed by atoms with Gasteiger partial charge in [-0.05, 0) is 36.4 Å². The van der Waals surface area contributed by atoms with Crippen molar-refractivity contribution in [3.63, 3.8) is 0 Å². The Morgan fingerprint density at radius 3 is 2.38 bits per heavy atom. The molecule has 0 saturated carbocycles. The normalized spacial score (nSPS) is 10.6. The Morgan fingerprint density at radius 1 is 0.810 bits per heavy atom. The van der Waals surface area contributed by atoms with Crippen LogP contribution < -0.4 is 0 Å². The van der Waals surface area contributed by atoms with Crippen LogP contribution >= 0.6 is 11.8 Å². The molecule has 0 aliphatic carbocycles. The third kappa shape index (κ3) is 3.28. The first kappa shape index (κ1) is 13.8. The molecule has 0 radical (unpaired) electrons. The number of rotatable bonds is 3. The molecule has 0 aliphatic rings. The predicted octanol–water partition coefficient (Wildman–Crippen LogP) is 5.18. The van der Waals surface area contributed by atoms with E-state index in [9.17, 15) is 8.78 Å². The summed E-state index contributed by atoms with van der Waals surface area (Å²) in [6, 6.07) is 17.1. The summed E-state index contributed by atoms with van der Waals surface area (Å²) in [6.07, 6.45) is 1.63. The first-order valence-corrected chi connectivity index (χ1v) is 7.18. The second-order valence-corrected chi connectivity index (χ2v) is 5.56. The number of benzene rings is 2. The standard InChI is InChI=1S/C17H11F2NS/c18-12-6-7-15(16(19)10-12)17-11-14(8-9-20-17)21-13-4-2-1-3-5-13/h1-11H. The minimum absolute atomic E-state index is 0.298. The van der Waals surface area contributed by atoms with Gasteiger partial charge in [0.2, 0.25) is 0 Å². The summed E-state index contributed by atoms with van der Waals surface area (Å²) < 4.78 is 26.8. The molecule has 0 atom stereocenters. The summed E-state index contributed by atoms with van der Waals surface area (Å²) in [7, 11) is 0. The topological polar surface area (TPSA) is 12.9 Å². The van der Waals surface area contributed by atoms with Gasteiger partial charge in [-0.1, -0.05) is 30.0 Å². The van der Waals surface area contributed by atoms with Gasteiger partial charge in [0.15, 0.2) is 0 Å². The molecule has 0 saturated heterocycles. The summed E-state index contributed by atoms with van der Waals surface area (Å²) in [5.74, 6) is -1.20. The minimum atomic E-state index is -0.607. The fraction of sp³-hybridized carbons (Fsp3) is 0. The summed E-state index contributed by atoms with van der Waals surface area (Å²) >= 11 is 1.57. The van der Waals surface area contributed by atoms with Crippen molar-refractivity contribution in [2.45, 2.75) is 9.79 Å². The molecular weight excluding hydrogens is 288 g/mol. The molecule has 0 unspecified atom stereocenters. The van der Waals surface area contributed by atoms with Gasteiger partial charge < -0.3 is 0 Å². The monoisotopic (exact) mass is 299 g/mol. The molecule has 0 bridgehead atoms. The molecule has 0 fully saturated rings. The van der Waals surface area contributed by atoms with Gasteiger partial charge in [0.25, 0.3) is 0 Å². The number of aromatic nitrogens is 1. The molecule has 3 aromatic rings. The summed E-state index contributed by atoms with van der Waals surface area (Å²) in [6.45, 7) is 0. The van der Waals surface area contributed by atoms with Crippen molar-refractivity contribution in [3.05, 3.63) is 78.5 Å². The lowest BCUT2D eigenvalue weighted by Crippen LogP contribution is -1.89. The highest BCUT2D eigenvalue weighted by molar-refractivity contribution is 7.99. The third-order valence-electron chi connectivity index (χ3n) is 2.92. The molecule has 0 aliphatic heterocycles. The lowest BCUT2D eigenvalue weighted by Gasteiger charge is -2.06. The highest BCUT2D eigenvalue weighted by Crippen LogP contribution is 2.30. The van der Waals surface area contributed by atoms with E-state index < -0.39 is 11.6 Å². The van der Waals surface area contributed by atoms with Crippen LogP contribution in [0.3, 0.4) is 0 Å². The van der Waals surface area contributed by atoms with Crippen molar-refractivity contribution in [3.8, 4) is 11.3 Å². The van der Waals surface area contributed by atoms with Gasteiger partial charge in [-0.3, -0.25) is 4.98 Å². The lowest BCUT2D eigenvalue weighted by molar-refractivity contribution is 0.585. The SMILES string of the molecule is Fc1ccc(-c2cc(Sc3ccccc3)ccn2)c(F)c1. The van der Waals surface area contributed by atoms with Crippen molar-refractivity contribution >= 4 is 11.8 Å². The second kappa shape index (κ2) is 6.06. The molecular formula is C17H11F2NS. The van der Waals surface area contributed by atoms with Gasteiger partial charge in [0, 0.05) is 27.6 Å². The number of hydrogen-bond donors (Lipinski definition) is 0. The molecule has 0 spiro atoms. The maximum Gasteiger partial charge on any atom is 0.135 e. The van der Waals surface area contributed by atoms with Gasteiger partial charge in [-0.2, -0.15) is 0 Å². The Bertz CT molecular complexity index is 760. The fourth-order valence-electron chi connectivity index (χ4n) is 1.94. The van der Waals surface area contributed by atoms with Crippen LogP contribution in [0.5, 0.6) is 0 Å². The van der Waals surface area contributed by atoms with Crippen LogP contribution in [0.15, 0.2) is 76.7 Å². The first-order chi connectivity index (χ1) is 10.2. The van der Waals surface area contributed by atoms with Crippen LogP contribution in [0.25, 0.3) is 11.3 Å². The van der Waals surface area contributed by atoms with E-state index >= 15 is 0 Å². The molecule has 2 aromatic carbocycles. The zero-order valence-electron chi connectivity index (χ0n) is 11.0. The molecule has 1 aromatic heterocycles. The van der Waals surface area contributed by atoms with Crippen molar-refractivity contribution < 1.29 is 8.78 Å². The Balaban J connectivity index is 1.93. The zero-order valence-corrected chi connectivity index (χ0v) is 11.8.